The van der Waals surface area contributed by atoms with Crippen LogP contribution in [0, 0.1) is 0 Å². The van der Waals surface area contributed by atoms with Crippen LogP contribution in [0.1, 0.15) is 64.2 Å². The SMILES string of the molecule is C=C[C@@H](O)C1OC2(CCCCC2)O[C@@H]1[C@@H](O)[C@H]1COC2(CCCCC2)O1. The molecule has 0 aromatic carbocycles. The molecule has 26 heavy (non-hydrogen) atoms. The Balaban J connectivity index is 1.47. The third-order valence-corrected chi connectivity index (χ3v) is 6.43. The number of aliphatic hydroxyl groups is 2. The van der Waals surface area contributed by atoms with E-state index in [1.807, 2.05) is 0 Å². The number of hydrogen-bond acceptors (Lipinski definition) is 6. The van der Waals surface area contributed by atoms with Crippen LogP contribution in [-0.2, 0) is 18.9 Å². The Hall–Kier alpha value is -0.500. The fraction of sp³-hybridized carbons (Fsp3) is 0.900. The van der Waals surface area contributed by atoms with Gasteiger partial charge in [-0.25, -0.2) is 0 Å². The Bertz CT molecular complexity index is 497. The molecule has 0 radical (unpaired) electrons. The summed E-state index contributed by atoms with van der Waals surface area (Å²) in [5, 5.41) is 21.4. The number of aliphatic hydroxyl groups excluding tert-OH is 2. The molecule has 0 aromatic rings. The average molecular weight is 368 g/mol. The van der Waals surface area contributed by atoms with Gasteiger partial charge >= 0.3 is 0 Å². The lowest BCUT2D eigenvalue weighted by atomic mass is 9.94. The Morgan fingerprint density at radius 3 is 2.00 bits per heavy atom. The first-order valence-corrected chi connectivity index (χ1v) is 10.2. The Morgan fingerprint density at radius 1 is 0.808 bits per heavy atom. The third-order valence-electron chi connectivity index (χ3n) is 6.43. The maximum atomic E-state index is 11.0. The molecule has 2 N–H and O–H groups in total. The van der Waals surface area contributed by atoms with Gasteiger partial charge in [-0.3, -0.25) is 0 Å². The van der Waals surface area contributed by atoms with Gasteiger partial charge in [0, 0.05) is 25.7 Å². The van der Waals surface area contributed by atoms with Crippen LogP contribution in [0.5, 0.6) is 0 Å². The fourth-order valence-electron chi connectivity index (χ4n) is 4.96. The molecule has 4 aliphatic rings. The molecule has 6 heteroatoms. The molecular formula is C20H32O6. The van der Waals surface area contributed by atoms with Crippen molar-refractivity contribution in [1.29, 1.82) is 0 Å². The summed E-state index contributed by atoms with van der Waals surface area (Å²) in [5.74, 6) is -1.24. The fourth-order valence-corrected chi connectivity index (χ4v) is 4.96. The number of hydrogen-bond donors (Lipinski definition) is 2. The number of ether oxygens (including phenoxy) is 4. The monoisotopic (exact) mass is 368 g/mol. The molecule has 5 atom stereocenters. The van der Waals surface area contributed by atoms with Gasteiger partial charge in [0.15, 0.2) is 11.6 Å². The van der Waals surface area contributed by atoms with Crippen LogP contribution in [-0.4, -0.2) is 58.9 Å². The van der Waals surface area contributed by atoms with Gasteiger partial charge < -0.3 is 29.2 Å². The van der Waals surface area contributed by atoms with Crippen molar-refractivity contribution in [2.24, 2.45) is 0 Å². The highest BCUT2D eigenvalue weighted by Crippen LogP contribution is 2.44. The van der Waals surface area contributed by atoms with Crippen molar-refractivity contribution in [3.63, 3.8) is 0 Å². The van der Waals surface area contributed by atoms with Crippen molar-refractivity contribution in [3.05, 3.63) is 12.7 Å². The highest BCUT2D eigenvalue weighted by molar-refractivity contribution is 5.01. The molecule has 2 aliphatic carbocycles. The molecule has 1 unspecified atom stereocenters. The minimum absolute atomic E-state index is 0.352. The highest BCUT2D eigenvalue weighted by Gasteiger charge is 2.55. The van der Waals surface area contributed by atoms with E-state index in [4.69, 9.17) is 18.9 Å². The molecule has 4 fully saturated rings. The Labute approximate surface area is 155 Å². The predicted molar refractivity (Wildman–Crippen MR) is 94.4 cm³/mol. The van der Waals surface area contributed by atoms with E-state index in [0.29, 0.717) is 6.61 Å². The molecule has 2 spiro atoms. The van der Waals surface area contributed by atoms with Crippen LogP contribution < -0.4 is 0 Å². The van der Waals surface area contributed by atoms with Crippen LogP contribution in [0.25, 0.3) is 0 Å². The summed E-state index contributed by atoms with van der Waals surface area (Å²) in [4.78, 5) is 0. The molecule has 4 rings (SSSR count). The van der Waals surface area contributed by atoms with Crippen molar-refractivity contribution in [2.75, 3.05) is 6.61 Å². The maximum Gasteiger partial charge on any atom is 0.169 e. The van der Waals surface area contributed by atoms with Crippen molar-refractivity contribution in [1.82, 2.24) is 0 Å². The van der Waals surface area contributed by atoms with Gasteiger partial charge in [-0.15, -0.1) is 6.58 Å². The summed E-state index contributed by atoms with van der Waals surface area (Å²) in [6, 6.07) is 0. The van der Waals surface area contributed by atoms with Gasteiger partial charge in [0.2, 0.25) is 0 Å². The summed E-state index contributed by atoms with van der Waals surface area (Å²) in [6.07, 6.45) is 7.88. The molecule has 148 valence electrons. The number of rotatable bonds is 4. The summed E-state index contributed by atoms with van der Waals surface area (Å²) in [5.41, 5.74) is 0. The molecule has 2 aliphatic heterocycles. The van der Waals surface area contributed by atoms with Gasteiger partial charge in [-0.2, -0.15) is 0 Å². The first-order valence-electron chi connectivity index (χ1n) is 10.2. The zero-order valence-corrected chi connectivity index (χ0v) is 15.5. The van der Waals surface area contributed by atoms with E-state index >= 15 is 0 Å². The highest BCUT2D eigenvalue weighted by atomic mass is 16.8. The van der Waals surface area contributed by atoms with E-state index in [2.05, 4.69) is 6.58 Å². The minimum atomic E-state index is -0.905. The van der Waals surface area contributed by atoms with Crippen molar-refractivity contribution < 1.29 is 29.2 Å². The molecule has 2 saturated heterocycles. The third kappa shape index (κ3) is 3.48. The van der Waals surface area contributed by atoms with Crippen LogP contribution in [0.15, 0.2) is 12.7 Å². The smallest absolute Gasteiger partial charge is 0.169 e. The van der Waals surface area contributed by atoms with E-state index in [0.717, 1.165) is 51.4 Å². The first kappa shape index (κ1) is 18.8. The van der Waals surface area contributed by atoms with Gasteiger partial charge in [0.1, 0.15) is 30.5 Å². The lowest BCUT2D eigenvalue weighted by molar-refractivity contribution is -0.217. The summed E-state index contributed by atoms with van der Waals surface area (Å²) < 4.78 is 24.6. The van der Waals surface area contributed by atoms with E-state index in [-0.39, 0.29) is 0 Å². The Kier molecular flexibility index (Phi) is 5.43. The average Bonchev–Trinajstić information content (AvgIpc) is 3.24. The lowest BCUT2D eigenvalue weighted by Crippen LogP contribution is -2.48. The largest absolute Gasteiger partial charge is 0.387 e. The van der Waals surface area contributed by atoms with Gasteiger partial charge in [0.25, 0.3) is 0 Å². The molecule has 0 aromatic heterocycles. The predicted octanol–water partition coefficient (Wildman–Crippen LogP) is 2.41. The minimum Gasteiger partial charge on any atom is -0.387 e. The second kappa shape index (κ2) is 7.49. The van der Waals surface area contributed by atoms with Crippen molar-refractivity contribution >= 4 is 0 Å². The molecule has 6 nitrogen and oxygen atoms in total. The Morgan fingerprint density at radius 2 is 1.38 bits per heavy atom. The second-order valence-electron chi connectivity index (χ2n) is 8.29. The summed E-state index contributed by atoms with van der Waals surface area (Å²) in [7, 11) is 0. The quantitative estimate of drug-likeness (QED) is 0.742. The van der Waals surface area contributed by atoms with Gasteiger partial charge in [-0.05, 0) is 25.7 Å². The van der Waals surface area contributed by atoms with E-state index in [9.17, 15) is 10.2 Å². The maximum absolute atomic E-state index is 11.0. The van der Waals surface area contributed by atoms with Gasteiger partial charge in [-0.1, -0.05) is 18.9 Å². The molecule has 0 amide bonds. The van der Waals surface area contributed by atoms with Crippen molar-refractivity contribution in [2.45, 2.75) is 106 Å². The molecule has 2 saturated carbocycles. The zero-order chi connectivity index (χ0) is 18.2. The van der Waals surface area contributed by atoms with E-state index in [1.54, 1.807) is 0 Å². The summed E-state index contributed by atoms with van der Waals surface area (Å²) >= 11 is 0. The van der Waals surface area contributed by atoms with Crippen LogP contribution >= 0.6 is 0 Å². The van der Waals surface area contributed by atoms with Crippen molar-refractivity contribution in [3.8, 4) is 0 Å². The standard InChI is InChI=1S/C20H32O6/c1-2-14(21)17-18(26-20(25-17)11-7-4-8-12-20)16(22)15-13-23-19(24-15)9-5-3-6-10-19/h2,14-18,21-22H,1,3-13H2/t14-,15-,16+,17?,18-/m1/s1. The van der Waals surface area contributed by atoms with Gasteiger partial charge in [0.05, 0.1) is 6.61 Å². The second-order valence-corrected chi connectivity index (χ2v) is 8.29. The van der Waals surface area contributed by atoms with Crippen LogP contribution in [0.3, 0.4) is 0 Å². The lowest BCUT2D eigenvalue weighted by Gasteiger charge is -2.34. The van der Waals surface area contributed by atoms with E-state index < -0.39 is 42.1 Å². The normalized spacial score (nSPS) is 38.5. The molecular weight excluding hydrogens is 336 g/mol. The topological polar surface area (TPSA) is 77.4 Å². The zero-order valence-electron chi connectivity index (χ0n) is 15.5. The van der Waals surface area contributed by atoms with Crippen LogP contribution in [0.2, 0.25) is 0 Å². The molecule has 2 heterocycles. The summed E-state index contributed by atoms with van der Waals surface area (Å²) in [6.45, 7) is 4.03. The van der Waals surface area contributed by atoms with E-state index in [1.165, 1.54) is 18.9 Å². The molecule has 0 bridgehead atoms. The van der Waals surface area contributed by atoms with Crippen LogP contribution in [0.4, 0.5) is 0 Å². The first-order chi connectivity index (χ1) is 12.6.